The van der Waals surface area contributed by atoms with Crippen molar-refractivity contribution < 1.29 is 18.3 Å². The quantitative estimate of drug-likeness (QED) is 0.248. The molecule has 6 nitrogen and oxygen atoms in total. The maximum atomic E-state index is 12.5. The van der Waals surface area contributed by atoms with Crippen molar-refractivity contribution in [1.82, 2.24) is 15.5 Å². The lowest BCUT2D eigenvalue weighted by molar-refractivity contribution is -0.127. The van der Waals surface area contributed by atoms with Gasteiger partial charge in [-0.1, -0.05) is 17.7 Å². The summed E-state index contributed by atoms with van der Waals surface area (Å²) in [5, 5.41) is 6.17. The fourth-order valence-electron chi connectivity index (χ4n) is 1.71. The van der Waals surface area contributed by atoms with Crippen LogP contribution in [-0.4, -0.2) is 50.6 Å². The lowest BCUT2D eigenvalue weighted by Gasteiger charge is -2.15. The summed E-state index contributed by atoms with van der Waals surface area (Å²) in [7, 11) is 3.27. The minimum Gasteiger partial charge on any atom is -0.434 e. The van der Waals surface area contributed by atoms with Crippen molar-refractivity contribution in [2.45, 2.75) is 13.2 Å². The van der Waals surface area contributed by atoms with Crippen LogP contribution in [0.3, 0.4) is 0 Å². The average Bonchev–Trinajstić information content (AvgIpc) is 2.55. The fraction of sp³-hybridized carbons (Fsp3) is 0.375. The first-order valence-corrected chi connectivity index (χ1v) is 7.77. The number of alkyl halides is 2. The molecule has 0 radical (unpaired) electrons. The van der Waals surface area contributed by atoms with Crippen molar-refractivity contribution in [3.05, 3.63) is 41.4 Å². The number of carbonyl (C=O) groups excluding carboxylic acids is 1. The lowest BCUT2D eigenvalue weighted by Crippen LogP contribution is -2.43. The van der Waals surface area contributed by atoms with Gasteiger partial charge in [-0.15, -0.1) is 30.6 Å². The van der Waals surface area contributed by atoms with Crippen molar-refractivity contribution in [2.75, 3.05) is 27.2 Å². The minimum atomic E-state index is -2.95. The van der Waals surface area contributed by atoms with Crippen LogP contribution in [0.25, 0.3) is 0 Å². The van der Waals surface area contributed by atoms with E-state index in [0.29, 0.717) is 23.1 Å². The van der Waals surface area contributed by atoms with Crippen LogP contribution >= 0.6 is 35.6 Å². The third-order valence-electron chi connectivity index (χ3n) is 2.97. The number of amides is 1. The molecule has 0 bridgehead atoms. The molecule has 146 valence electrons. The zero-order valence-corrected chi connectivity index (χ0v) is 17.6. The molecule has 0 fully saturated rings. The second kappa shape index (κ2) is 12.7. The number of nitrogens with one attached hydrogen (secondary N) is 2. The van der Waals surface area contributed by atoms with Crippen LogP contribution < -0.4 is 15.4 Å². The highest BCUT2D eigenvalue weighted by Gasteiger charge is 2.11. The second-order valence-electron chi connectivity index (χ2n) is 5.11. The van der Waals surface area contributed by atoms with Gasteiger partial charge in [0.15, 0.2) is 5.96 Å². The molecule has 0 unspecified atom stereocenters. The van der Waals surface area contributed by atoms with Crippen LogP contribution in [0.1, 0.15) is 5.56 Å². The molecule has 0 heterocycles. The van der Waals surface area contributed by atoms with E-state index < -0.39 is 6.61 Å². The highest BCUT2D eigenvalue weighted by molar-refractivity contribution is 14.0. The molecule has 0 saturated heterocycles. The van der Waals surface area contributed by atoms with E-state index in [1.54, 1.807) is 20.2 Å². The van der Waals surface area contributed by atoms with Crippen molar-refractivity contribution in [3.63, 3.8) is 0 Å². The SMILES string of the molecule is C=CCNC(=NCc1cc(Cl)ccc1OC(F)F)NCC(=O)N(C)C.I. The number of carbonyl (C=O) groups is 1. The number of nitrogens with zero attached hydrogens (tertiary/aromatic N) is 2. The Morgan fingerprint density at radius 3 is 2.69 bits per heavy atom. The molecule has 1 aromatic rings. The van der Waals surface area contributed by atoms with E-state index in [-0.39, 0.29) is 48.7 Å². The number of likely N-dealkylation sites (N-methyl/N-ethyl adjacent to an activating group) is 1. The van der Waals surface area contributed by atoms with Gasteiger partial charge in [0, 0.05) is 31.2 Å². The van der Waals surface area contributed by atoms with Crippen LogP contribution in [0.15, 0.2) is 35.8 Å². The highest BCUT2D eigenvalue weighted by atomic mass is 127. The standard InChI is InChI=1S/C16H21ClF2N4O2.HI/c1-4-7-20-16(22-10-14(24)23(2)3)21-9-11-8-12(17)5-6-13(11)25-15(18)19;/h4-6,8,15H,1,7,9-10H2,2-3H3,(H2,20,21,22);1H. The average molecular weight is 503 g/mol. The van der Waals surface area contributed by atoms with E-state index in [0.717, 1.165) is 0 Å². The number of hydrogen-bond donors (Lipinski definition) is 2. The molecule has 1 rings (SSSR count). The maximum Gasteiger partial charge on any atom is 0.387 e. The number of aliphatic imine (C=N–C) groups is 1. The third-order valence-corrected chi connectivity index (χ3v) is 3.20. The predicted molar refractivity (Wildman–Crippen MR) is 110 cm³/mol. The zero-order valence-electron chi connectivity index (χ0n) is 14.5. The van der Waals surface area contributed by atoms with Crippen molar-refractivity contribution in [1.29, 1.82) is 0 Å². The highest BCUT2D eigenvalue weighted by Crippen LogP contribution is 2.25. The first kappa shape index (κ1) is 24.4. The van der Waals surface area contributed by atoms with Gasteiger partial charge in [0.2, 0.25) is 5.91 Å². The third kappa shape index (κ3) is 9.18. The smallest absolute Gasteiger partial charge is 0.387 e. The Morgan fingerprint density at radius 1 is 1.42 bits per heavy atom. The molecule has 0 aliphatic heterocycles. The molecule has 2 N–H and O–H groups in total. The molecule has 26 heavy (non-hydrogen) atoms. The molecular weight excluding hydrogens is 481 g/mol. The molecule has 0 aliphatic carbocycles. The monoisotopic (exact) mass is 502 g/mol. The summed E-state index contributed by atoms with van der Waals surface area (Å²) in [6.45, 7) is 1.13. The van der Waals surface area contributed by atoms with Gasteiger partial charge in [-0.05, 0) is 18.2 Å². The predicted octanol–water partition coefficient (Wildman–Crippen LogP) is 2.87. The largest absolute Gasteiger partial charge is 0.434 e. The Balaban J connectivity index is 0.00000625. The van der Waals surface area contributed by atoms with E-state index in [1.165, 1.54) is 23.1 Å². The Bertz CT molecular complexity index is 630. The van der Waals surface area contributed by atoms with Crippen molar-refractivity contribution in [2.24, 2.45) is 4.99 Å². The molecule has 10 heteroatoms. The summed E-state index contributed by atoms with van der Waals surface area (Å²) in [4.78, 5) is 17.4. The summed E-state index contributed by atoms with van der Waals surface area (Å²) >= 11 is 5.90. The number of ether oxygens (including phenoxy) is 1. The Morgan fingerprint density at radius 2 is 2.12 bits per heavy atom. The van der Waals surface area contributed by atoms with Gasteiger partial charge in [0.05, 0.1) is 13.1 Å². The van der Waals surface area contributed by atoms with Crippen LogP contribution in [0.5, 0.6) is 5.75 Å². The van der Waals surface area contributed by atoms with Crippen LogP contribution in [0.2, 0.25) is 5.02 Å². The van der Waals surface area contributed by atoms with Gasteiger partial charge in [-0.3, -0.25) is 4.79 Å². The summed E-state index contributed by atoms with van der Waals surface area (Å²) in [5.41, 5.74) is 0.395. The van der Waals surface area contributed by atoms with E-state index in [4.69, 9.17) is 11.6 Å². The molecule has 1 aromatic carbocycles. The first-order chi connectivity index (χ1) is 11.8. The van der Waals surface area contributed by atoms with Crippen molar-refractivity contribution >= 4 is 47.4 Å². The number of benzene rings is 1. The molecule has 0 aromatic heterocycles. The number of hydrogen-bond acceptors (Lipinski definition) is 3. The molecule has 0 aliphatic rings. The lowest BCUT2D eigenvalue weighted by atomic mass is 10.2. The minimum absolute atomic E-state index is 0. The molecule has 0 atom stereocenters. The number of rotatable bonds is 8. The number of guanidine groups is 1. The Kier molecular flexibility index (Phi) is 11.9. The van der Waals surface area contributed by atoms with Gasteiger partial charge in [0.1, 0.15) is 5.75 Å². The molecule has 1 amide bonds. The summed E-state index contributed by atoms with van der Waals surface area (Å²) in [6.07, 6.45) is 1.62. The van der Waals surface area contributed by atoms with E-state index >= 15 is 0 Å². The van der Waals surface area contributed by atoms with E-state index in [9.17, 15) is 13.6 Å². The Hall–Kier alpha value is -1.62. The van der Waals surface area contributed by atoms with Gasteiger partial charge < -0.3 is 20.3 Å². The fourth-order valence-corrected chi connectivity index (χ4v) is 1.90. The summed E-state index contributed by atoms with van der Waals surface area (Å²) < 4.78 is 29.4. The topological polar surface area (TPSA) is 66.0 Å². The first-order valence-electron chi connectivity index (χ1n) is 7.40. The summed E-state index contributed by atoms with van der Waals surface area (Å²) in [5.74, 6) is 0.186. The maximum absolute atomic E-state index is 12.5. The van der Waals surface area contributed by atoms with Crippen LogP contribution in [-0.2, 0) is 11.3 Å². The number of halogens is 4. The van der Waals surface area contributed by atoms with Gasteiger partial charge in [-0.25, -0.2) is 4.99 Å². The Labute approximate surface area is 173 Å². The summed E-state index contributed by atoms with van der Waals surface area (Å²) in [6, 6.07) is 4.31. The second-order valence-corrected chi connectivity index (χ2v) is 5.54. The van der Waals surface area contributed by atoms with Gasteiger partial charge in [0.25, 0.3) is 0 Å². The molecular formula is C16H22ClF2IN4O2. The van der Waals surface area contributed by atoms with Gasteiger partial charge >= 0.3 is 6.61 Å². The van der Waals surface area contributed by atoms with Crippen LogP contribution in [0.4, 0.5) is 8.78 Å². The van der Waals surface area contributed by atoms with Gasteiger partial charge in [-0.2, -0.15) is 8.78 Å². The van der Waals surface area contributed by atoms with Crippen LogP contribution in [0, 0.1) is 0 Å². The van der Waals surface area contributed by atoms with E-state index in [2.05, 4.69) is 26.9 Å². The normalized spacial score (nSPS) is 10.8. The molecule has 0 saturated carbocycles. The van der Waals surface area contributed by atoms with E-state index in [1.807, 2.05) is 0 Å². The van der Waals surface area contributed by atoms with Crippen molar-refractivity contribution in [3.8, 4) is 5.75 Å². The zero-order chi connectivity index (χ0) is 18.8. The molecule has 0 spiro atoms.